The van der Waals surface area contributed by atoms with Crippen molar-refractivity contribution in [3.8, 4) is 11.5 Å². The van der Waals surface area contributed by atoms with Gasteiger partial charge in [0.2, 0.25) is 0 Å². The Balaban J connectivity index is 2.70. The minimum atomic E-state index is 0.148. The number of phenols is 1. The maximum absolute atomic E-state index is 9.64. The Hall–Kier alpha value is -0.740. The first-order chi connectivity index (χ1) is 7.54. The molecule has 1 aromatic rings. The van der Waals surface area contributed by atoms with Gasteiger partial charge in [-0.15, -0.1) is 0 Å². The molecule has 0 aliphatic rings. The fourth-order valence-corrected chi connectivity index (χ4v) is 1.88. The topological polar surface area (TPSA) is 41.5 Å². The second kappa shape index (κ2) is 6.11. The molecule has 0 saturated carbocycles. The predicted octanol–water partition coefficient (Wildman–Crippen LogP) is 2.91. The lowest BCUT2D eigenvalue weighted by molar-refractivity contribution is 0.371. The van der Waals surface area contributed by atoms with Crippen LogP contribution < -0.4 is 10.1 Å². The van der Waals surface area contributed by atoms with Gasteiger partial charge in [0.25, 0.3) is 0 Å². The summed E-state index contributed by atoms with van der Waals surface area (Å²) < 4.78 is 5.75. The van der Waals surface area contributed by atoms with Crippen LogP contribution in [-0.2, 0) is 6.54 Å². The van der Waals surface area contributed by atoms with Crippen molar-refractivity contribution >= 4 is 15.9 Å². The third-order valence-electron chi connectivity index (χ3n) is 2.19. The predicted molar refractivity (Wildman–Crippen MR) is 68.9 cm³/mol. The van der Waals surface area contributed by atoms with Crippen LogP contribution in [0.15, 0.2) is 16.6 Å². The van der Waals surface area contributed by atoms with Crippen molar-refractivity contribution in [3.05, 3.63) is 22.2 Å². The van der Waals surface area contributed by atoms with E-state index in [0.717, 1.165) is 18.7 Å². The first-order valence-electron chi connectivity index (χ1n) is 5.30. The number of ether oxygens (including phenoxy) is 1. The second-order valence-corrected chi connectivity index (χ2v) is 5.01. The molecular formula is C12H18BrNO2. The summed E-state index contributed by atoms with van der Waals surface area (Å²) in [6, 6.07) is 3.73. The highest BCUT2D eigenvalue weighted by Crippen LogP contribution is 2.35. The third kappa shape index (κ3) is 3.68. The molecule has 1 rings (SSSR count). The molecule has 0 saturated heterocycles. The van der Waals surface area contributed by atoms with Crippen molar-refractivity contribution in [3.63, 3.8) is 0 Å². The maximum atomic E-state index is 9.64. The van der Waals surface area contributed by atoms with Gasteiger partial charge in [-0.25, -0.2) is 0 Å². The quantitative estimate of drug-likeness (QED) is 0.875. The largest absolute Gasteiger partial charge is 0.503 e. The molecule has 4 heteroatoms. The molecule has 16 heavy (non-hydrogen) atoms. The molecular weight excluding hydrogens is 270 g/mol. The lowest BCUT2D eigenvalue weighted by Gasteiger charge is -2.11. The monoisotopic (exact) mass is 287 g/mol. The number of aromatic hydroxyl groups is 1. The van der Waals surface area contributed by atoms with Gasteiger partial charge in [-0.3, -0.25) is 0 Å². The molecule has 0 fully saturated rings. The van der Waals surface area contributed by atoms with Crippen molar-refractivity contribution in [2.45, 2.75) is 20.4 Å². The summed E-state index contributed by atoms with van der Waals surface area (Å²) in [7, 11) is 1.55. The van der Waals surface area contributed by atoms with E-state index in [4.69, 9.17) is 4.74 Å². The van der Waals surface area contributed by atoms with E-state index >= 15 is 0 Å². The molecule has 0 bridgehead atoms. The number of hydrogen-bond acceptors (Lipinski definition) is 3. The molecule has 90 valence electrons. The molecule has 0 atom stereocenters. The highest BCUT2D eigenvalue weighted by Gasteiger charge is 2.08. The van der Waals surface area contributed by atoms with Crippen LogP contribution in [-0.4, -0.2) is 18.8 Å². The van der Waals surface area contributed by atoms with Crippen LogP contribution >= 0.6 is 15.9 Å². The Morgan fingerprint density at radius 2 is 2.12 bits per heavy atom. The van der Waals surface area contributed by atoms with E-state index in [2.05, 4.69) is 35.1 Å². The molecule has 0 aliphatic heterocycles. The van der Waals surface area contributed by atoms with Gasteiger partial charge in [-0.2, -0.15) is 0 Å². The van der Waals surface area contributed by atoms with Crippen molar-refractivity contribution in [1.29, 1.82) is 0 Å². The minimum Gasteiger partial charge on any atom is -0.503 e. The van der Waals surface area contributed by atoms with Gasteiger partial charge in [-0.05, 0) is 46.1 Å². The van der Waals surface area contributed by atoms with E-state index in [1.807, 2.05) is 12.1 Å². The Morgan fingerprint density at radius 1 is 1.44 bits per heavy atom. The number of phenolic OH excluding ortho intramolecular Hbond substituents is 1. The summed E-state index contributed by atoms with van der Waals surface area (Å²) in [5.41, 5.74) is 1.09. The van der Waals surface area contributed by atoms with Crippen LogP contribution in [0.25, 0.3) is 0 Å². The first kappa shape index (κ1) is 13.3. The lowest BCUT2D eigenvalue weighted by Crippen LogP contribution is -2.18. The fourth-order valence-electron chi connectivity index (χ4n) is 1.39. The van der Waals surface area contributed by atoms with Gasteiger partial charge in [-0.1, -0.05) is 13.8 Å². The molecule has 0 spiro atoms. The number of methoxy groups -OCH3 is 1. The van der Waals surface area contributed by atoms with Crippen molar-refractivity contribution < 1.29 is 9.84 Å². The number of benzene rings is 1. The molecule has 0 radical (unpaired) electrons. The highest BCUT2D eigenvalue weighted by atomic mass is 79.9. The van der Waals surface area contributed by atoms with Crippen LogP contribution in [0, 0.1) is 5.92 Å². The molecule has 0 unspecified atom stereocenters. The van der Waals surface area contributed by atoms with Crippen LogP contribution in [0.5, 0.6) is 11.5 Å². The third-order valence-corrected chi connectivity index (χ3v) is 2.79. The van der Waals surface area contributed by atoms with Crippen LogP contribution in [0.4, 0.5) is 0 Å². The van der Waals surface area contributed by atoms with Crippen LogP contribution in [0.3, 0.4) is 0 Å². The van der Waals surface area contributed by atoms with E-state index < -0.39 is 0 Å². The summed E-state index contributed by atoms with van der Waals surface area (Å²) in [5.74, 6) is 1.27. The van der Waals surface area contributed by atoms with Gasteiger partial charge in [0, 0.05) is 6.54 Å². The van der Waals surface area contributed by atoms with E-state index in [1.165, 1.54) is 0 Å². The van der Waals surface area contributed by atoms with Gasteiger partial charge in [0.05, 0.1) is 11.6 Å². The van der Waals surface area contributed by atoms with Gasteiger partial charge >= 0.3 is 0 Å². The summed E-state index contributed by atoms with van der Waals surface area (Å²) in [6.07, 6.45) is 0. The standard InChI is InChI=1S/C12H18BrNO2/c1-8(2)6-14-7-9-4-10(13)12(15)11(5-9)16-3/h4-5,8,14-15H,6-7H2,1-3H3. The zero-order valence-corrected chi connectivity index (χ0v) is 11.5. The van der Waals surface area contributed by atoms with Gasteiger partial charge in [0.1, 0.15) is 0 Å². The van der Waals surface area contributed by atoms with E-state index in [9.17, 15) is 5.11 Å². The summed E-state index contributed by atoms with van der Waals surface area (Å²) in [5, 5.41) is 13.0. The number of halogens is 1. The average Bonchev–Trinajstić information content (AvgIpc) is 2.22. The van der Waals surface area contributed by atoms with Crippen molar-refractivity contribution in [2.24, 2.45) is 5.92 Å². The Kier molecular flexibility index (Phi) is 5.09. The molecule has 2 N–H and O–H groups in total. The van der Waals surface area contributed by atoms with Crippen LogP contribution in [0.1, 0.15) is 19.4 Å². The van der Waals surface area contributed by atoms with Crippen molar-refractivity contribution in [1.82, 2.24) is 5.32 Å². The lowest BCUT2D eigenvalue weighted by atomic mass is 10.2. The highest BCUT2D eigenvalue weighted by molar-refractivity contribution is 9.10. The SMILES string of the molecule is COc1cc(CNCC(C)C)cc(Br)c1O. The molecule has 0 aliphatic carbocycles. The van der Waals surface area contributed by atoms with Crippen LogP contribution in [0.2, 0.25) is 0 Å². The fraction of sp³-hybridized carbons (Fsp3) is 0.500. The minimum absolute atomic E-state index is 0.148. The second-order valence-electron chi connectivity index (χ2n) is 4.15. The molecule has 0 aromatic heterocycles. The Morgan fingerprint density at radius 3 is 2.69 bits per heavy atom. The van der Waals surface area contributed by atoms with Gasteiger partial charge < -0.3 is 15.2 Å². The maximum Gasteiger partial charge on any atom is 0.172 e. The Bertz CT molecular complexity index is 353. The molecule has 3 nitrogen and oxygen atoms in total. The summed E-state index contributed by atoms with van der Waals surface area (Å²) in [4.78, 5) is 0. The normalized spacial score (nSPS) is 10.8. The first-order valence-corrected chi connectivity index (χ1v) is 6.10. The van der Waals surface area contributed by atoms with Gasteiger partial charge in [0.15, 0.2) is 11.5 Å². The average molecular weight is 288 g/mol. The number of hydrogen-bond donors (Lipinski definition) is 2. The molecule has 0 amide bonds. The zero-order valence-electron chi connectivity index (χ0n) is 9.88. The Labute approximate surface area is 105 Å². The van der Waals surface area contributed by atoms with E-state index in [-0.39, 0.29) is 5.75 Å². The van der Waals surface area contributed by atoms with E-state index in [1.54, 1.807) is 7.11 Å². The van der Waals surface area contributed by atoms with Crippen molar-refractivity contribution in [2.75, 3.05) is 13.7 Å². The molecule has 1 aromatic carbocycles. The van der Waals surface area contributed by atoms with E-state index in [0.29, 0.717) is 16.1 Å². The number of rotatable bonds is 5. The number of nitrogens with one attached hydrogen (secondary N) is 1. The summed E-state index contributed by atoms with van der Waals surface area (Å²) >= 11 is 3.30. The smallest absolute Gasteiger partial charge is 0.172 e. The molecule has 0 heterocycles. The zero-order chi connectivity index (χ0) is 12.1. The summed E-state index contributed by atoms with van der Waals surface area (Å²) in [6.45, 7) is 6.08.